The minimum Gasteiger partial charge on any atom is -0.481 e. The molecule has 2 aromatic heterocycles. The summed E-state index contributed by atoms with van der Waals surface area (Å²) in [4.78, 5) is 53.8. The van der Waals surface area contributed by atoms with Crippen molar-refractivity contribution in [1.82, 2.24) is 25.4 Å². The van der Waals surface area contributed by atoms with E-state index in [-0.39, 0.29) is 36.0 Å². The van der Waals surface area contributed by atoms with E-state index in [1.165, 1.54) is 28.0 Å². The molecule has 2 aliphatic heterocycles. The molecule has 0 aliphatic carbocycles. The van der Waals surface area contributed by atoms with Gasteiger partial charge in [0.15, 0.2) is 0 Å². The molecule has 4 N–H and O–H groups in total. The van der Waals surface area contributed by atoms with E-state index >= 15 is 0 Å². The number of thiophene rings is 1. The summed E-state index contributed by atoms with van der Waals surface area (Å²) in [6.07, 6.45) is -0.126. The van der Waals surface area contributed by atoms with Crippen molar-refractivity contribution in [2.75, 3.05) is 11.5 Å². The number of aliphatic carboxylic acids is 2. The SMILES string of the molecule is O=C(O)Cc1nc(SCC2=C(C(=O)O)N3C(=O)C(NC(=O)Cc4cccs4)[C@@H]3SC2)n[nH]1. The molecule has 2 aliphatic rings. The van der Waals surface area contributed by atoms with Gasteiger partial charge in [-0.05, 0) is 17.0 Å². The van der Waals surface area contributed by atoms with E-state index in [2.05, 4.69) is 20.5 Å². The minimum absolute atomic E-state index is 0.0868. The second-order valence-electron chi connectivity index (χ2n) is 6.89. The lowest BCUT2D eigenvalue weighted by atomic mass is 10.0. The van der Waals surface area contributed by atoms with E-state index in [1.54, 1.807) is 0 Å². The molecule has 0 bridgehead atoms. The summed E-state index contributed by atoms with van der Waals surface area (Å²) in [6.45, 7) is 0. The smallest absolute Gasteiger partial charge is 0.352 e. The average Bonchev–Trinajstić information content (AvgIpc) is 3.41. The van der Waals surface area contributed by atoms with Crippen LogP contribution >= 0.6 is 34.9 Å². The number of rotatable bonds is 9. The molecule has 32 heavy (non-hydrogen) atoms. The Morgan fingerprint density at radius 1 is 1.31 bits per heavy atom. The van der Waals surface area contributed by atoms with Crippen LogP contribution in [0.5, 0.6) is 0 Å². The van der Waals surface area contributed by atoms with Crippen molar-refractivity contribution in [2.45, 2.75) is 29.4 Å². The van der Waals surface area contributed by atoms with Crippen LogP contribution in [0.1, 0.15) is 10.7 Å². The first-order valence-corrected chi connectivity index (χ1v) is 12.2. The quantitative estimate of drug-likeness (QED) is 0.285. The van der Waals surface area contributed by atoms with Gasteiger partial charge in [-0.2, -0.15) is 0 Å². The maximum atomic E-state index is 12.7. The number of β-lactam (4-membered cyclic amide) rings is 1. The lowest BCUT2D eigenvalue weighted by Gasteiger charge is -2.49. The number of hydrogen-bond donors (Lipinski definition) is 4. The number of aromatic nitrogens is 3. The van der Waals surface area contributed by atoms with E-state index in [1.807, 2.05) is 17.5 Å². The van der Waals surface area contributed by atoms with Crippen molar-refractivity contribution in [3.05, 3.63) is 39.5 Å². The van der Waals surface area contributed by atoms with Gasteiger partial charge in [-0.1, -0.05) is 17.8 Å². The van der Waals surface area contributed by atoms with E-state index in [0.29, 0.717) is 16.5 Å². The lowest BCUT2D eigenvalue weighted by molar-refractivity contribution is -0.150. The number of fused-ring (bicyclic) bond motifs is 1. The molecule has 1 saturated heterocycles. The molecule has 0 spiro atoms. The first kappa shape index (κ1) is 22.4. The van der Waals surface area contributed by atoms with Crippen molar-refractivity contribution < 1.29 is 29.4 Å². The zero-order chi connectivity index (χ0) is 22.8. The highest BCUT2D eigenvalue weighted by atomic mass is 32.2. The van der Waals surface area contributed by atoms with Crippen molar-refractivity contribution in [2.24, 2.45) is 0 Å². The Bertz CT molecular complexity index is 1100. The third kappa shape index (κ3) is 4.66. The largest absolute Gasteiger partial charge is 0.481 e. The highest BCUT2D eigenvalue weighted by Gasteiger charge is 2.54. The monoisotopic (exact) mass is 495 g/mol. The van der Waals surface area contributed by atoms with Gasteiger partial charge in [0, 0.05) is 16.4 Å². The summed E-state index contributed by atoms with van der Waals surface area (Å²) in [7, 11) is 0. The summed E-state index contributed by atoms with van der Waals surface area (Å²) in [6, 6.07) is 2.92. The second kappa shape index (κ2) is 9.34. The van der Waals surface area contributed by atoms with Crippen LogP contribution in [0.4, 0.5) is 0 Å². The maximum absolute atomic E-state index is 12.7. The standard InChI is InChI=1S/C18H17N5O6S3/c24-11(4-9-2-1-3-30-9)20-13-15(27)23-14(17(28)29)8(6-31-16(13)23)7-32-18-19-10(21-22-18)5-12(25)26/h1-3,13,16H,4-7H2,(H,20,24)(H,25,26)(H,28,29)(H,19,21,22)/t13?,16-/m0/s1. The highest BCUT2D eigenvalue weighted by molar-refractivity contribution is 8.01. The molecule has 14 heteroatoms. The number of nitrogens with zero attached hydrogens (tertiary/aromatic N) is 3. The van der Waals surface area contributed by atoms with Gasteiger partial charge in [0.25, 0.3) is 5.91 Å². The lowest BCUT2D eigenvalue weighted by Crippen LogP contribution is -2.70. The van der Waals surface area contributed by atoms with Crippen molar-refractivity contribution in [3.63, 3.8) is 0 Å². The molecule has 4 heterocycles. The molecular formula is C18H17N5O6S3. The van der Waals surface area contributed by atoms with Gasteiger partial charge in [0.1, 0.15) is 29.4 Å². The van der Waals surface area contributed by atoms with Gasteiger partial charge in [-0.15, -0.1) is 28.2 Å². The van der Waals surface area contributed by atoms with Gasteiger partial charge in [-0.3, -0.25) is 24.4 Å². The molecule has 2 aromatic rings. The zero-order valence-electron chi connectivity index (χ0n) is 16.3. The molecule has 4 rings (SSSR count). The number of amides is 2. The van der Waals surface area contributed by atoms with Crippen molar-refractivity contribution >= 4 is 58.6 Å². The van der Waals surface area contributed by atoms with Gasteiger partial charge >= 0.3 is 11.9 Å². The molecule has 11 nitrogen and oxygen atoms in total. The van der Waals surface area contributed by atoms with E-state index in [0.717, 1.165) is 16.6 Å². The molecule has 0 radical (unpaired) electrons. The fourth-order valence-electron chi connectivity index (χ4n) is 3.31. The van der Waals surface area contributed by atoms with Crippen LogP contribution in [-0.2, 0) is 32.0 Å². The predicted octanol–water partition coefficient (Wildman–Crippen LogP) is 0.567. The van der Waals surface area contributed by atoms with Crippen LogP contribution in [0, 0.1) is 0 Å². The Hall–Kier alpha value is -2.84. The number of carbonyl (C=O) groups excluding carboxylic acids is 2. The Morgan fingerprint density at radius 2 is 2.12 bits per heavy atom. The number of H-pyrrole nitrogens is 1. The Morgan fingerprint density at radius 3 is 2.81 bits per heavy atom. The topological polar surface area (TPSA) is 166 Å². The van der Waals surface area contributed by atoms with Gasteiger partial charge in [-0.25, -0.2) is 9.78 Å². The van der Waals surface area contributed by atoms with E-state index in [9.17, 15) is 24.3 Å². The molecule has 1 fully saturated rings. The summed E-state index contributed by atoms with van der Waals surface area (Å²) in [5.41, 5.74) is 0.446. The van der Waals surface area contributed by atoms with Crippen LogP contribution in [-0.4, -0.2) is 77.0 Å². The molecule has 2 atom stereocenters. The number of carboxylic acid groups (broad SMARTS) is 2. The summed E-state index contributed by atoms with van der Waals surface area (Å²) < 4.78 is 0. The van der Waals surface area contributed by atoms with Crippen LogP contribution in [0.15, 0.2) is 33.9 Å². The minimum atomic E-state index is -1.22. The van der Waals surface area contributed by atoms with Crippen LogP contribution in [0.2, 0.25) is 0 Å². The number of hydrogen-bond acceptors (Lipinski definition) is 9. The van der Waals surface area contributed by atoms with Crippen LogP contribution in [0.25, 0.3) is 0 Å². The molecule has 0 aromatic carbocycles. The zero-order valence-corrected chi connectivity index (χ0v) is 18.8. The molecule has 2 amide bonds. The summed E-state index contributed by atoms with van der Waals surface area (Å²) in [5.74, 6) is -2.21. The second-order valence-corrected chi connectivity index (χ2v) is 9.97. The van der Waals surface area contributed by atoms with Crippen molar-refractivity contribution in [3.8, 4) is 0 Å². The number of carbonyl (C=O) groups is 4. The predicted molar refractivity (Wildman–Crippen MR) is 116 cm³/mol. The Labute approximate surface area is 193 Å². The number of carboxylic acids is 2. The average molecular weight is 496 g/mol. The third-order valence-electron chi connectivity index (χ3n) is 4.69. The number of aromatic amines is 1. The molecule has 1 unspecified atom stereocenters. The summed E-state index contributed by atoms with van der Waals surface area (Å²) in [5, 5.41) is 29.4. The van der Waals surface area contributed by atoms with Crippen molar-refractivity contribution in [1.29, 1.82) is 0 Å². The first-order valence-electron chi connectivity index (χ1n) is 9.31. The van der Waals surface area contributed by atoms with Crippen LogP contribution < -0.4 is 5.32 Å². The van der Waals surface area contributed by atoms with Gasteiger partial charge in [0.2, 0.25) is 11.1 Å². The molecule has 0 saturated carbocycles. The van der Waals surface area contributed by atoms with E-state index in [4.69, 9.17) is 5.11 Å². The number of thioether (sulfide) groups is 2. The maximum Gasteiger partial charge on any atom is 0.352 e. The normalized spacial score (nSPS) is 20.0. The van der Waals surface area contributed by atoms with E-state index < -0.39 is 29.3 Å². The van der Waals surface area contributed by atoms with Crippen LogP contribution in [0.3, 0.4) is 0 Å². The molecular weight excluding hydrogens is 478 g/mol. The Kier molecular flexibility index (Phi) is 6.53. The summed E-state index contributed by atoms with van der Waals surface area (Å²) >= 11 is 3.99. The fourth-order valence-corrected chi connectivity index (χ4v) is 6.31. The molecule has 168 valence electrons. The fraction of sp³-hybridized carbons (Fsp3) is 0.333. The highest BCUT2D eigenvalue weighted by Crippen LogP contribution is 2.41. The number of nitrogens with one attached hydrogen (secondary N) is 2. The Balaban J connectivity index is 1.41. The third-order valence-corrected chi connectivity index (χ3v) is 7.84. The van der Waals surface area contributed by atoms with Gasteiger partial charge in [0.05, 0.1) is 6.42 Å². The first-order chi connectivity index (χ1) is 15.3. The van der Waals surface area contributed by atoms with Gasteiger partial charge < -0.3 is 15.5 Å².